The van der Waals surface area contributed by atoms with Crippen molar-refractivity contribution in [2.24, 2.45) is 0 Å². The van der Waals surface area contributed by atoms with Crippen LogP contribution in [0.5, 0.6) is 0 Å². The Morgan fingerprint density at radius 3 is 2.26 bits per heavy atom. The van der Waals surface area contributed by atoms with Crippen LogP contribution in [0.4, 0.5) is 15.6 Å². The van der Waals surface area contributed by atoms with E-state index in [2.05, 4.69) is 32.7 Å². The third kappa shape index (κ3) is 5.48. The molecule has 2 aromatic carbocycles. The van der Waals surface area contributed by atoms with E-state index >= 15 is 0 Å². The van der Waals surface area contributed by atoms with Crippen molar-refractivity contribution in [3.63, 3.8) is 0 Å². The van der Waals surface area contributed by atoms with Gasteiger partial charge in [-0.25, -0.2) is 9.78 Å². The summed E-state index contributed by atoms with van der Waals surface area (Å²) in [7, 11) is 0. The molecule has 3 aromatic rings. The van der Waals surface area contributed by atoms with Gasteiger partial charge in [0.1, 0.15) is 4.88 Å². The summed E-state index contributed by atoms with van der Waals surface area (Å²) in [5, 5.41) is 5.89. The normalized spacial score (nSPS) is 14.3. The lowest BCUT2D eigenvalue weighted by Gasteiger charge is -2.34. The third-order valence-electron chi connectivity index (χ3n) is 5.15. The number of piperazine rings is 1. The van der Waals surface area contributed by atoms with Crippen molar-refractivity contribution in [3.05, 3.63) is 76.8 Å². The molecule has 0 saturated carbocycles. The van der Waals surface area contributed by atoms with Crippen LogP contribution in [0.2, 0.25) is 0 Å². The Balaban J connectivity index is 1.32. The molecule has 1 aliphatic heterocycles. The number of carbonyl (C=O) groups excluding carboxylic acids is 2. The predicted molar refractivity (Wildman–Crippen MR) is 124 cm³/mol. The van der Waals surface area contributed by atoms with Crippen LogP contribution in [0.25, 0.3) is 0 Å². The first-order valence-corrected chi connectivity index (χ1v) is 11.1. The average Bonchev–Trinajstić information content (AvgIpc) is 3.15. The molecule has 3 amide bonds. The molecule has 0 aliphatic carbocycles. The second-order valence-electron chi connectivity index (χ2n) is 7.43. The Morgan fingerprint density at radius 1 is 0.935 bits per heavy atom. The summed E-state index contributed by atoms with van der Waals surface area (Å²) in [6.45, 7) is 5.73. The summed E-state index contributed by atoms with van der Waals surface area (Å²) in [4.78, 5) is 34.4. The van der Waals surface area contributed by atoms with Gasteiger partial charge in [-0.3, -0.25) is 15.0 Å². The number of thiazole rings is 1. The van der Waals surface area contributed by atoms with Gasteiger partial charge in [0, 0.05) is 38.4 Å². The second-order valence-corrected chi connectivity index (χ2v) is 8.43. The van der Waals surface area contributed by atoms with Gasteiger partial charge in [0.05, 0.1) is 5.69 Å². The highest BCUT2D eigenvalue weighted by Crippen LogP contribution is 2.25. The summed E-state index contributed by atoms with van der Waals surface area (Å²) < 4.78 is 0. The molecule has 0 spiro atoms. The van der Waals surface area contributed by atoms with Crippen LogP contribution in [-0.2, 0) is 6.54 Å². The van der Waals surface area contributed by atoms with E-state index in [4.69, 9.17) is 0 Å². The molecule has 2 heterocycles. The Morgan fingerprint density at radius 2 is 1.58 bits per heavy atom. The molecule has 1 fully saturated rings. The molecule has 0 atom stereocenters. The summed E-state index contributed by atoms with van der Waals surface area (Å²) in [6, 6.07) is 19.2. The number of urea groups is 1. The fraction of sp³-hybridized carbons (Fsp3) is 0.261. The molecule has 4 rings (SSSR count). The van der Waals surface area contributed by atoms with Crippen molar-refractivity contribution in [1.29, 1.82) is 0 Å². The SMILES string of the molecule is Cc1nc(NC(=O)Nc2ccccc2)sc1C(=O)N1CCN(Cc2ccccc2)CC1. The van der Waals surface area contributed by atoms with Crippen molar-refractivity contribution >= 4 is 34.1 Å². The van der Waals surface area contributed by atoms with Gasteiger partial charge in [-0.1, -0.05) is 59.9 Å². The predicted octanol–water partition coefficient (Wildman–Crippen LogP) is 4.05. The van der Waals surface area contributed by atoms with Crippen molar-refractivity contribution in [3.8, 4) is 0 Å². The minimum absolute atomic E-state index is 0.0223. The molecule has 7 nitrogen and oxygen atoms in total. The number of amides is 3. The Bertz CT molecular complexity index is 1030. The molecule has 8 heteroatoms. The molecule has 31 heavy (non-hydrogen) atoms. The summed E-state index contributed by atoms with van der Waals surface area (Å²) in [6.07, 6.45) is 0. The lowest BCUT2D eigenvalue weighted by molar-refractivity contribution is 0.0632. The number of aromatic nitrogens is 1. The minimum atomic E-state index is -0.381. The molecule has 2 N–H and O–H groups in total. The summed E-state index contributed by atoms with van der Waals surface area (Å²) >= 11 is 1.22. The molecule has 1 aromatic heterocycles. The number of rotatable bonds is 5. The summed E-state index contributed by atoms with van der Waals surface area (Å²) in [5.74, 6) is -0.0223. The first-order valence-electron chi connectivity index (χ1n) is 10.2. The van der Waals surface area contributed by atoms with Crippen molar-refractivity contribution in [1.82, 2.24) is 14.8 Å². The number of aryl methyl sites for hydroxylation is 1. The van der Waals surface area contributed by atoms with Gasteiger partial charge in [-0.15, -0.1) is 0 Å². The van der Waals surface area contributed by atoms with E-state index in [1.807, 2.05) is 41.3 Å². The Kier molecular flexibility index (Phi) is 6.59. The zero-order valence-electron chi connectivity index (χ0n) is 17.4. The topological polar surface area (TPSA) is 77.6 Å². The fourth-order valence-corrected chi connectivity index (χ4v) is 4.45. The maximum Gasteiger partial charge on any atom is 0.325 e. The number of benzene rings is 2. The first kappa shape index (κ1) is 21.0. The number of carbonyl (C=O) groups is 2. The van der Waals surface area contributed by atoms with Gasteiger partial charge in [-0.2, -0.15) is 0 Å². The monoisotopic (exact) mass is 435 g/mol. The van der Waals surface area contributed by atoms with E-state index in [0.717, 1.165) is 19.6 Å². The molecule has 1 aliphatic rings. The zero-order chi connectivity index (χ0) is 21.6. The molecule has 0 bridgehead atoms. The molecule has 0 radical (unpaired) electrons. The number of nitrogens with one attached hydrogen (secondary N) is 2. The van der Waals surface area contributed by atoms with E-state index < -0.39 is 0 Å². The highest BCUT2D eigenvalue weighted by Gasteiger charge is 2.25. The van der Waals surface area contributed by atoms with Crippen LogP contribution in [0.3, 0.4) is 0 Å². The quantitative estimate of drug-likeness (QED) is 0.634. The number of para-hydroxylation sites is 1. The highest BCUT2D eigenvalue weighted by molar-refractivity contribution is 7.17. The number of nitrogens with zero attached hydrogens (tertiary/aromatic N) is 3. The van der Waals surface area contributed by atoms with Gasteiger partial charge >= 0.3 is 6.03 Å². The fourth-order valence-electron chi connectivity index (χ4n) is 3.52. The van der Waals surface area contributed by atoms with Gasteiger partial charge in [-0.05, 0) is 24.6 Å². The van der Waals surface area contributed by atoms with Gasteiger partial charge in [0.25, 0.3) is 5.91 Å². The maximum absolute atomic E-state index is 13.0. The van der Waals surface area contributed by atoms with Gasteiger partial charge < -0.3 is 10.2 Å². The molecular formula is C23H25N5O2S. The first-order chi connectivity index (χ1) is 15.1. The van der Waals surface area contributed by atoms with E-state index in [1.54, 1.807) is 19.1 Å². The largest absolute Gasteiger partial charge is 0.335 e. The number of hydrogen-bond acceptors (Lipinski definition) is 5. The van der Waals surface area contributed by atoms with Crippen molar-refractivity contribution in [2.75, 3.05) is 36.8 Å². The lowest BCUT2D eigenvalue weighted by atomic mass is 10.2. The Labute approximate surface area is 185 Å². The maximum atomic E-state index is 13.0. The van der Waals surface area contributed by atoms with Crippen LogP contribution in [0.1, 0.15) is 20.9 Å². The standard InChI is InChI=1S/C23H25N5O2S/c1-17-20(31-23(24-17)26-22(30)25-19-10-6-3-7-11-19)21(29)28-14-12-27(13-15-28)16-18-8-4-2-5-9-18/h2-11H,12-16H2,1H3,(H2,24,25,26,30). The van der Waals surface area contributed by atoms with E-state index in [1.165, 1.54) is 16.9 Å². The van der Waals surface area contributed by atoms with Crippen LogP contribution >= 0.6 is 11.3 Å². The number of hydrogen-bond donors (Lipinski definition) is 2. The molecular weight excluding hydrogens is 410 g/mol. The van der Waals surface area contributed by atoms with E-state index in [-0.39, 0.29) is 11.9 Å². The van der Waals surface area contributed by atoms with Crippen molar-refractivity contribution < 1.29 is 9.59 Å². The number of anilines is 2. The van der Waals surface area contributed by atoms with E-state index in [0.29, 0.717) is 34.5 Å². The summed E-state index contributed by atoms with van der Waals surface area (Å²) in [5.41, 5.74) is 2.61. The lowest BCUT2D eigenvalue weighted by Crippen LogP contribution is -2.48. The molecule has 0 unspecified atom stereocenters. The van der Waals surface area contributed by atoms with Crippen LogP contribution in [0.15, 0.2) is 60.7 Å². The van der Waals surface area contributed by atoms with Crippen LogP contribution < -0.4 is 10.6 Å². The minimum Gasteiger partial charge on any atom is -0.335 e. The van der Waals surface area contributed by atoms with Gasteiger partial charge in [0.15, 0.2) is 5.13 Å². The zero-order valence-corrected chi connectivity index (χ0v) is 18.2. The average molecular weight is 436 g/mol. The smallest absolute Gasteiger partial charge is 0.325 e. The highest BCUT2D eigenvalue weighted by atomic mass is 32.1. The van der Waals surface area contributed by atoms with Gasteiger partial charge in [0.2, 0.25) is 0 Å². The third-order valence-corrected chi connectivity index (χ3v) is 6.21. The second kappa shape index (κ2) is 9.72. The molecule has 160 valence electrons. The van der Waals surface area contributed by atoms with E-state index in [9.17, 15) is 9.59 Å². The van der Waals surface area contributed by atoms with Crippen LogP contribution in [0, 0.1) is 6.92 Å². The van der Waals surface area contributed by atoms with Crippen LogP contribution in [-0.4, -0.2) is 52.9 Å². The Hall–Kier alpha value is -3.23. The molecule has 1 saturated heterocycles. The van der Waals surface area contributed by atoms with Crippen molar-refractivity contribution in [2.45, 2.75) is 13.5 Å².